The fraction of sp³-hybridized carbons (Fsp3) is 0.500. The van der Waals surface area contributed by atoms with Crippen LogP contribution in [0.5, 0.6) is 0 Å². The van der Waals surface area contributed by atoms with Gasteiger partial charge in [0.25, 0.3) is 0 Å². The lowest BCUT2D eigenvalue weighted by Crippen LogP contribution is -2.31. The Morgan fingerprint density at radius 2 is 2.17 bits per heavy atom. The van der Waals surface area contributed by atoms with Gasteiger partial charge in [0.2, 0.25) is 5.91 Å². The third kappa shape index (κ3) is 2.56. The van der Waals surface area contributed by atoms with E-state index in [1.807, 2.05) is 43.1 Å². The van der Waals surface area contributed by atoms with Crippen LogP contribution >= 0.6 is 0 Å². The molecule has 4 rings (SSSR count). The molecule has 24 heavy (non-hydrogen) atoms. The summed E-state index contributed by atoms with van der Waals surface area (Å²) >= 11 is 0. The zero-order valence-corrected chi connectivity index (χ0v) is 14.2. The molecule has 0 radical (unpaired) electrons. The van der Waals surface area contributed by atoms with Crippen LogP contribution in [0.3, 0.4) is 0 Å². The predicted molar refractivity (Wildman–Crippen MR) is 89.5 cm³/mol. The number of hydrogen-bond acceptors (Lipinski definition) is 5. The molecule has 0 aromatic carbocycles. The standard InChI is InChI=1S/C18H22N4O2/c1-13-15(14(2)24-20-13)10-22-12-18(9-17(22)23)6-8-21(11-18)16-5-3-4-7-19-16/h3-5,7H,6,8-12H2,1-2H3/t18-/m1/s1. The van der Waals surface area contributed by atoms with Crippen LogP contribution in [0.2, 0.25) is 0 Å². The van der Waals surface area contributed by atoms with Gasteiger partial charge in [-0.15, -0.1) is 0 Å². The third-order valence-corrected chi connectivity index (χ3v) is 5.35. The molecule has 1 atom stereocenters. The van der Waals surface area contributed by atoms with Crippen molar-refractivity contribution in [1.82, 2.24) is 15.0 Å². The Balaban J connectivity index is 1.48. The molecule has 0 bridgehead atoms. The van der Waals surface area contributed by atoms with Crippen LogP contribution < -0.4 is 4.90 Å². The molecular weight excluding hydrogens is 304 g/mol. The first-order chi connectivity index (χ1) is 11.6. The van der Waals surface area contributed by atoms with Gasteiger partial charge in [-0.3, -0.25) is 4.79 Å². The molecule has 1 amide bonds. The second-order valence-corrected chi connectivity index (χ2v) is 7.09. The van der Waals surface area contributed by atoms with Crippen LogP contribution in [0.1, 0.15) is 29.9 Å². The first-order valence-electron chi connectivity index (χ1n) is 8.42. The number of carbonyl (C=O) groups excluding carboxylic acids is 1. The van der Waals surface area contributed by atoms with Crippen molar-refractivity contribution in [2.24, 2.45) is 5.41 Å². The van der Waals surface area contributed by atoms with Gasteiger partial charge in [0.15, 0.2) is 0 Å². The highest BCUT2D eigenvalue weighted by molar-refractivity contribution is 5.80. The lowest BCUT2D eigenvalue weighted by atomic mass is 9.86. The van der Waals surface area contributed by atoms with Crippen molar-refractivity contribution in [2.45, 2.75) is 33.2 Å². The number of aryl methyl sites for hydroxylation is 2. The zero-order valence-electron chi connectivity index (χ0n) is 14.2. The highest BCUT2D eigenvalue weighted by Gasteiger charge is 2.47. The van der Waals surface area contributed by atoms with Crippen LogP contribution in [-0.2, 0) is 11.3 Å². The summed E-state index contributed by atoms with van der Waals surface area (Å²) < 4.78 is 5.23. The van der Waals surface area contributed by atoms with E-state index in [1.165, 1.54) is 0 Å². The van der Waals surface area contributed by atoms with Crippen molar-refractivity contribution in [3.8, 4) is 0 Å². The van der Waals surface area contributed by atoms with E-state index >= 15 is 0 Å². The Morgan fingerprint density at radius 1 is 1.29 bits per heavy atom. The largest absolute Gasteiger partial charge is 0.361 e. The average molecular weight is 326 g/mol. The van der Waals surface area contributed by atoms with Crippen LogP contribution in [0.15, 0.2) is 28.9 Å². The molecule has 6 nitrogen and oxygen atoms in total. The van der Waals surface area contributed by atoms with Crippen LogP contribution in [-0.4, -0.2) is 40.6 Å². The monoisotopic (exact) mass is 326 g/mol. The highest BCUT2D eigenvalue weighted by Crippen LogP contribution is 2.41. The van der Waals surface area contributed by atoms with E-state index in [1.54, 1.807) is 0 Å². The second-order valence-electron chi connectivity index (χ2n) is 7.09. The van der Waals surface area contributed by atoms with Gasteiger partial charge in [0.1, 0.15) is 11.6 Å². The van der Waals surface area contributed by atoms with Crippen LogP contribution in [0.25, 0.3) is 0 Å². The molecule has 2 aliphatic rings. The van der Waals surface area contributed by atoms with E-state index in [0.29, 0.717) is 13.0 Å². The summed E-state index contributed by atoms with van der Waals surface area (Å²) in [5, 5.41) is 3.99. The molecule has 126 valence electrons. The summed E-state index contributed by atoms with van der Waals surface area (Å²) in [5.74, 6) is 2.05. The molecule has 2 aliphatic heterocycles. The Labute approximate surface area is 141 Å². The number of pyridine rings is 1. The molecule has 2 saturated heterocycles. The number of likely N-dealkylation sites (tertiary alicyclic amines) is 1. The van der Waals surface area contributed by atoms with Gasteiger partial charge in [-0.05, 0) is 32.4 Å². The Hall–Kier alpha value is -2.37. The summed E-state index contributed by atoms with van der Waals surface area (Å²) in [7, 11) is 0. The molecule has 0 unspecified atom stereocenters. The van der Waals surface area contributed by atoms with Gasteiger partial charge < -0.3 is 14.3 Å². The summed E-state index contributed by atoms with van der Waals surface area (Å²) in [4.78, 5) is 21.3. The van der Waals surface area contributed by atoms with Crippen LogP contribution in [0, 0.1) is 19.3 Å². The van der Waals surface area contributed by atoms with Gasteiger partial charge in [0.05, 0.1) is 12.2 Å². The minimum atomic E-state index is 0.0492. The molecule has 0 saturated carbocycles. The minimum Gasteiger partial charge on any atom is -0.361 e. The summed E-state index contributed by atoms with van der Waals surface area (Å²) in [6.07, 6.45) is 3.48. The summed E-state index contributed by atoms with van der Waals surface area (Å²) in [5.41, 5.74) is 1.97. The average Bonchev–Trinajstić information content (AvgIpc) is 3.23. The van der Waals surface area contributed by atoms with Gasteiger partial charge in [-0.25, -0.2) is 4.98 Å². The van der Waals surface area contributed by atoms with Crippen molar-refractivity contribution in [2.75, 3.05) is 24.5 Å². The number of anilines is 1. The quantitative estimate of drug-likeness (QED) is 0.866. The van der Waals surface area contributed by atoms with Crippen molar-refractivity contribution in [3.63, 3.8) is 0 Å². The molecule has 2 aromatic heterocycles. The Bertz CT molecular complexity index is 738. The molecule has 2 fully saturated rings. The second kappa shape index (κ2) is 5.61. The summed E-state index contributed by atoms with van der Waals surface area (Å²) in [6, 6.07) is 5.98. The third-order valence-electron chi connectivity index (χ3n) is 5.35. The number of rotatable bonds is 3. The van der Waals surface area contributed by atoms with E-state index < -0.39 is 0 Å². The van der Waals surface area contributed by atoms with E-state index in [4.69, 9.17) is 4.52 Å². The maximum absolute atomic E-state index is 12.6. The molecule has 6 heteroatoms. The lowest BCUT2D eigenvalue weighted by molar-refractivity contribution is -0.128. The van der Waals surface area contributed by atoms with Crippen molar-refractivity contribution >= 4 is 11.7 Å². The molecule has 4 heterocycles. The number of nitrogens with zero attached hydrogens (tertiary/aromatic N) is 4. The first kappa shape index (κ1) is 15.2. The van der Waals surface area contributed by atoms with Crippen molar-refractivity contribution in [1.29, 1.82) is 0 Å². The maximum Gasteiger partial charge on any atom is 0.223 e. The SMILES string of the molecule is Cc1noc(C)c1CN1C[C@]2(CCN(c3ccccn3)C2)CC1=O. The van der Waals surface area contributed by atoms with E-state index in [0.717, 1.165) is 48.9 Å². The molecule has 0 N–H and O–H groups in total. The van der Waals surface area contributed by atoms with E-state index in [9.17, 15) is 4.79 Å². The first-order valence-corrected chi connectivity index (χ1v) is 8.42. The maximum atomic E-state index is 12.6. The number of amides is 1. The highest BCUT2D eigenvalue weighted by atomic mass is 16.5. The summed E-state index contributed by atoms with van der Waals surface area (Å²) in [6.45, 7) is 7.10. The van der Waals surface area contributed by atoms with E-state index in [2.05, 4.69) is 15.0 Å². The molecule has 2 aromatic rings. The minimum absolute atomic E-state index is 0.0492. The van der Waals surface area contributed by atoms with Crippen molar-refractivity contribution in [3.05, 3.63) is 41.4 Å². The topological polar surface area (TPSA) is 62.5 Å². The number of hydrogen-bond donors (Lipinski definition) is 0. The number of carbonyl (C=O) groups is 1. The predicted octanol–water partition coefficient (Wildman–Crippen LogP) is 2.32. The fourth-order valence-corrected chi connectivity index (χ4v) is 3.99. The Kier molecular flexibility index (Phi) is 3.55. The molecule has 0 aliphatic carbocycles. The van der Waals surface area contributed by atoms with Gasteiger partial charge in [-0.1, -0.05) is 11.2 Å². The normalized spacial score (nSPS) is 23.7. The van der Waals surface area contributed by atoms with Crippen LogP contribution in [0.4, 0.5) is 5.82 Å². The van der Waals surface area contributed by atoms with Gasteiger partial charge in [-0.2, -0.15) is 0 Å². The fourth-order valence-electron chi connectivity index (χ4n) is 3.99. The van der Waals surface area contributed by atoms with Gasteiger partial charge in [0, 0.05) is 43.2 Å². The zero-order chi connectivity index (χ0) is 16.7. The van der Waals surface area contributed by atoms with E-state index in [-0.39, 0.29) is 11.3 Å². The molecule has 1 spiro atoms. The number of aromatic nitrogens is 2. The smallest absolute Gasteiger partial charge is 0.223 e. The molecular formula is C18H22N4O2. The lowest BCUT2D eigenvalue weighted by Gasteiger charge is -2.24. The van der Waals surface area contributed by atoms with Gasteiger partial charge >= 0.3 is 0 Å². The Morgan fingerprint density at radius 3 is 2.88 bits per heavy atom. The van der Waals surface area contributed by atoms with Crippen molar-refractivity contribution < 1.29 is 9.32 Å².